The molecule has 5 aromatic rings. The minimum Gasteiger partial charge on any atom is -0.355 e. The monoisotopic (exact) mass is 741 g/mol. The number of anilines is 2. The Bertz CT molecular complexity index is 2610. The second kappa shape index (κ2) is 15.9. The van der Waals surface area contributed by atoms with E-state index in [2.05, 4.69) is 193 Å². The van der Waals surface area contributed by atoms with Crippen LogP contribution in [0.1, 0.15) is 106 Å². The van der Waals surface area contributed by atoms with E-state index in [0.29, 0.717) is 5.92 Å². The Balaban J connectivity index is 0.00000147. The highest BCUT2D eigenvalue weighted by atomic mass is 14.9. The summed E-state index contributed by atoms with van der Waals surface area (Å²) in [7, 11) is 0. The Labute approximate surface area is 341 Å². The highest BCUT2D eigenvalue weighted by molar-refractivity contribution is 6.10. The Hall–Kier alpha value is -5.92. The van der Waals surface area contributed by atoms with Crippen molar-refractivity contribution in [3.63, 3.8) is 0 Å². The van der Waals surface area contributed by atoms with Gasteiger partial charge in [0.15, 0.2) is 0 Å². The molecule has 1 N–H and O–H groups in total. The normalized spacial score (nSPS) is 17.5. The van der Waals surface area contributed by atoms with Gasteiger partial charge in [0.2, 0.25) is 0 Å². The first-order valence-electron chi connectivity index (χ1n) is 20.9. The van der Waals surface area contributed by atoms with E-state index >= 15 is 0 Å². The van der Waals surface area contributed by atoms with Crippen molar-refractivity contribution >= 4 is 44.4 Å². The summed E-state index contributed by atoms with van der Waals surface area (Å²) in [6, 6.07) is 40.3. The maximum absolute atomic E-state index is 4.49. The molecule has 0 saturated carbocycles. The summed E-state index contributed by atoms with van der Waals surface area (Å²) < 4.78 is 0. The van der Waals surface area contributed by atoms with Gasteiger partial charge in [-0.15, -0.1) is 6.58 Å². The molecule has 0 fully saturated rings. The smallest absolute Gasteiger partial charge is 0.0464 e. The van der Waals surface area contributed by atoms with E-state index in [1.807, 2.05) is 6.08 Å². The zero-order chi connectivity index (χ0) is 39.7. The van der Waals surface area contributed by atoms with Gasteiger partial charge in [0.05, 0.1) is 0 Å². The van der Waals surface area contributed by atoms with Crippen LogP contribution < -0.4 is 5.32 Å². The molecule has 284 valence electrons. The standard InChI is InChI=1S/C53H47N.C3H8/c1-6-18-46-40-22-14-16-27-48(40)53(4,5)52(46)47(33-34(3)7-2)42-24-15-17-28-49(42)54-50-32-31-38(35-19-10-11-23-41(35)50)39-29-30-45-37-21-9-8-20-36(37)43-25-12-13-26-44(39)51(43)45;1-3-2/h6,8-17,19-25,27-28,30-33,39,54H,1,3,7,18,26,29H2,2,4-5H3;3H2,1-2H3/b47-33-;. The van der Waals surface area contributed by atoms with E-state index in [9.17, 15) is 0 Å². The van der Waals surface area contributed by atoms with E-state index in [4.69, 9.17) is 0 Å². The zero-order valence-corrected chi connectivity index (χ0v) is 34.4. The summed E-state index contributed by atoms with van der Waals surface area (Å²) >= 11 is 0. The highest BCUT2D eigenvalue weighted by Gasteiger charge is 2.40. The van der Waals surface area contributed by atoms with E-state index in [1.54, 1.807) is 0 Å². The lowest BCUT2D eigenvalue weighted by Gasteiger charge is -2.29. The highest BCUT2D eigenvalue weighted by Crippen LogP contribution is 2.56. The molecule has 0 bridgehead atoms. The summed E-state index contributed by atoms with van der Waals surface area (Å²) in [5, 5.41) is 6.53. The van der Waals surface area contributed by atoms with E-state index < -0.39 is 0 Å². The Morgan fingerprint density at radius 1 is 0.772 bits per heavy atom. The molecular formula is C56H55N. The quantitative estimate of drug-likeness (QED) is 0.117. The maximum atomic E-state index is 4.49. The van der Waals surface area contributed by atoms with Gasteiger partial charge in [-0.25, -0.2) is 0 Å². The maximum Gasteiger partial charge on any atom is 0.0464 e. The second-order valence-electron chi connectivity index (χ2n) is 16.3. The summed E-state index contributed by atoms with van der Waals surface area (Å²) in [6.45, 7) is 19.9. The molecule has 9 rings (SSSR count). The summed E-state index contributed by atoms with van der Waals surface area (Å²) in [5.41, 5.74) is 20.8. The van der Waals surface area contributed by atoms with Crippen LogP contribution in [0.25, 0.3) is 33.1 Å². The van der Waals surface area contributed by atoms with Crippen molar-refractivity contribution in [1.82, 2.24) is 0 Å². The molecule has 4 aliphatic rings. The van der Waals surface area contributed by atoms with Gasteiger partial charge in [-0.2, -0.15) is 0 Å². The van der Waals surface area contributed by atoms with Crippen LogP contribution in [0.3, 0.4) is 0 Å². The molecule has 1 heteroatoms. The minimum atomic E-state index is -0.191. The molecule has 4 aliphatic carbocycles. The number of allylic oxidation sites excluding steroid dienone is 14. The van der Waals surface area contributed by atoms with E-state index in [-0.39, 0.29) is 5.41 Å². The fourth-order valence-electron chi connectivity index (χ4n) is 9.66. The first-order valence-corrected chi connectivity index (χ1v) is 20.9. The van der Waals surface area contributed by atoms with Crippen molar-refractivity contribution in [2.45, 2.75) is 78.1 Å². The van der Waals surface area contributed by atoms with Gasteiger partial charge in [-0.1, -0.05) is 192 Å². The predicted octanol–water partition coefficient (Wildman–Crippen LogP) is 15.9. The number of benzene rings is 5. The summed E-state index contributed by atoms with van der Waals surface area (Å²) in [4.78, 5) is 0. The SMILES string of the molecule is C=CCC1=C(/C(=C\C(=C)CC)c2ccccc2Nc2ccc(C3CC=C4C5=C3CC=CC=C5c3ccccc34)c3ccccc23)C(C)(C)c2ccccc21.CCC. The van der Waals surface area contributed by atoms with Crippen LogP contribution in [0.5, 0.6) is 0 Å². The van der Waals surface area contributed by atoms with Crippen LogP contribution in [0.2, 0.25) is 0 Å². The molecule has 0 spiro atoms. The largest absolute Gasteiger partial charge is 0.355 e. The van der Waals surface area contributed by atoms with Crippen molar-refractivity contribution in [2.24, 2.45) is 0 Å². The lowest BCUT2D eigenvalue weighted by Crippen LogP contribution is -2.19. The number of fused-ring (bicyclic) bond motifs is 5. The molecular weight excluding hydrogens is 687 g/mol. The topological polar surface area (TPSA) is 12.0 Å². The fraction of sp³-hybridized carbons (Fsp3) is 0.214. The molecule has 0 heterocycles. The lowest BCUT2D eigenvalue weighted by atomic mass is 9.75. The van der Waals surface area contributed by atoms with Crippen molar-refractivity contribution in [3.8, 4) is 0 Å². The summed E-state index contributed by atoms with van der Waals surface area (Å²) in [6.07, 6.45) is 18.7. The van der Waals surface area contributed by atoms with E-state index in [0.717, 1.165) is 42.6 Å². The Morgan fingerprint density at radius 2 is 1.44 bits per heavy atom. The number of nitrogens with one attached hydrogen (secondary N) is 1. The summed E-state index contributed by atoms with van der Waals surface area (Å²) in [5.74, 6) is 0.312. The number of hydrogen-bond donors (Lipinski definition) is 1. The van der Waals surface area contributed by atoms with Gasteiger partial charge in [0.25, 0.3) is 0 Å². The minimum absolute atomic E-state index is 0.191. The first kappa shape index (κ1) is 38.0. The molecule has 57 heavy (non-hydrogen) atoms. The van der Waals surface area contributed by atoms with Crippen molar-refractivity contribution < 1.29 is 0 Å². The van der Waals surface area contributed by atoms with Crippen LogP contribution in [-0.4, -0.2) is 0 Å². The molecule has 1 atom stereocenters. The van der Waals surface area contributed by atoms with Crippen LogP contribution in [-0.2, 0) is 5.41 Å². The third-order valence-corrected chi connectivity index (χ3v) is 12.2. The lowest BCUT2D eigenvalue weighted by molar-refractivity contribution is 0.657. The zero-order valence-electron chi connectivity index (χ0n) is 34.4. The third kappa shape index (κ3) is 6.64. The Kier molecular flexibility index (Phi) is 10.6. The van der Waals surface area contributed by atoms with Crippen LogP contribution in [0, 0.1) is 0 Å². The predicted molar refractivity (Wildman–Crippen MR) is 249 cm³/mol. The molecule has 0 radical (unpaired) electrons. The van der Waals surface area contributed by atoms with Gasteiger partial charge in [0, 0.05) is 33.7 Å². The van der Waals surface area contributed by atoms with Gasteiger partial charge in [-0.05, 0) is 104 Å². The average Bonchev–Trinajstić information content (AvgIpc) is 3.54. The fourth-order valence-corrected chi connectivity index (χ4v) is 9.66. The molecule has 0 aromatic heterocycles. The van der Waals surface area contributed by atoms with Gasteiger partial charge in [-0.3, -0.25) is 0 Å². The molecule has 1 nitrogen and oxygen atoms in total. The van der Waals surface area contributed by atoms with Crippen LogP contribution in [0.15, 0.2) is 181 Å². The number of para-hydroxylation sites is 1. The second-order valence-corrected chi connectivity index (χ2v) is 16.3. The van der Waals surface area contributed by atoms with Gasteiger partial charge in [0.1, 0.15) is 0 Å². The van der Waals surface area contributed by atoms with Crippen molar-refractivity contribution in [3.05, 3.63) is 214 Å². The molecule has 5 aromatic carbocycles. The molecule has 0 amide bonds. The van der Waals surface area contributed by atoms with Gasteiger partial charge >= 0.3 is 0 Å². The third-order valence-electron chi connectivity index (χ3n) is 12.2. The number of hydrogen-bond acceptors (Lipinski definition) is 1. The Morgan fingerprint density at radius 3 is 2.19 bits per heavy atom. The molecule has 0 aliphatic heterocycles. The van der Waals surface area contributed by atoms with Crippen molar-refractivity contribution in [1.29, 1.82) is 0 Å². The first-order chi connectivity index (χ1) is 27.8. The van der Waals surface area contributed by atoms with Gasteiger partial charge < -0.3 is 5.32 Å². The molecule has 1 unspecified atom stereocenters. The van der Waals surface area contributed by atoms with Crippen LogP contribution in [0.4, 0.5) is 11.4 Å². The van der Waals surface area contributed by atoms with Crippen molar-refractivity contribution in [2.75, 3.05) is 5.32 Å². The van der Waals surface area contributed by atoms with Crippen LogP contribution >= 0.6 is 0 Å². The molecule has 0 saturated heterocycles. The number of rotatable bonds is 9. The average molecular weight is 742 g/mol. The van der Waals surface area contributed by atoms with E-state index in [1.165, 1.54) is 89.6 Å².